The molecule has 2 fully saturated rings. The molecule has 0 saturated heterocycles. The molecule has 13 heteroatoms. The molecule has 2 aliphatic carbocycles. The first-order valence-corrected chi connectivity index (χ1v) is 11.6. The fourth-order valence-corrected chi connectivity index (χ4v) is 5.65. The number of H-pyrrole nitrogens is 1. The summed E-state index contributed by atoms with van der Waals surface area (Å²) in [5.41, 5.74) is 3.03. The van der Waals surface area contributed by atoms with Crippen molar-refractivity contribution in [3.8, 4) is 0 Å². The Kier molecular flexibility index (Phi) is 6.78. The largest absolute Gasteiger partial charge is 0.435 e. The molecule has 8 nitrogen and oxygen atoms in total. The number of amides is 1. The van der Waals surface area contributed by atoms with Crippen LogP contribution in [-0.2, 0) is 16.6 Å². The zero-order valence-corrected chi connectivity index (χ0v) is 19.9. The Bertz CT molecular complexity index is 1210. The van der Waals surface area contributed by atoms with Crippen molar-refractivity contribution in [1.82, 2.24) is 15.5 Å². The molecule has 2 atom stereocenters. The van der Waals surface area contributed by atoms with Gasteiger partial charge in [-0.05, 0) is 55.7 Å². The number of alkyl halides is 3. The molecule has 2 aliphatic rings. The smallest absolute Gasteiger partial charge is 0.385 e. The Hall–Kier alpha value is -3.12. The van der Waals surface area contributed by atoms with E-state index in [4.69, 9.17) is 22.7 Å². The second kappa shape index (κ2) is 9.40. The maximum atomic E-state index is 13.5. The molecule has 4 rings (SSSR count). The van der Waals surface area contributed by atoms with Gasteiger partial charge in [0.25, 0.3) is 5.91 Å². The maximum absolute atomic E-state index is 13.5. The first-order valence-electron chi connectivity index (χ1n) is 11.2. The van der Waals surface area contributed by atoms with Crippen molar-refractivity contribution in [2.45, 2.75) is 37.5 Å². The molecule has 2 unspecified atom stereocenters. The number of carbonyl (C=O) groups excluding carboxylic acids is 1. The highest BCUT2D eigenvalue weighted by Crippen LogP contribution is 2.56. The second-order valence-electron chi connectivity index (χ2n) is 9.31. The number of aromatic nitrogens is 2. The molecule has 0 spiro atoms. The summed E-state index contributed by atoms with van der Waals surface area (Å²) in [5.74, 6) is -2.05. The van der Waals surface area contributed by atoms with E-state index < -0.39 is 29.2 Å². The van der Waals surface area contributed by atoms with E-state index in [1.54, 1.807) is 0 Å². The number of fused-ring (bicyclic) bond motifs is 1. The van der Waals surface area contributed by atoms with E-state index in [2.05, 4.69) is 20.8 Å². The van der Waals surface area contributed by atoms with Gasteiger partial charge in [0.1, 0.15) is 17.2 Å². The van der Waals surface area contributed by atoms with Gasteiger partial charge in [-0.1, -0.05) is 11.6 Å². The molecule has 194 valence electrons. The van der Waals surface area contributed by atoms with Crippen LogP contribution in [0.15, 0.2) is 35.8 Å². The third-order valence-corrected chi connectivity index (χ3v) is 7.36. The van der Waals surface area contributed by atoms with Gasteiger partial charge in [-0.25, -0.2) is 4.39 Å². The monoisotopic (exact) mass is 528 g/mol. The van der Waals surface area contributed by atoms with Gasteiger partial charge >= 0.3 is 6.18 Å². The molecule has 7 N–H and O–H groups in total. The van der Waals surface area contributed by atoms with Gasteiger partial charge in [-0.3, -0.25) is 9.89 Å². The van der Waals surface area contributed by atoms with Crippen LogP contribution < -0.4 is 16.4 Å². The lowest BCUT2D eigenvalue weighted by Crippen LogP contribution is -2.32. The minimum Gasteiger partial charge on any atom is -0.385 e. The fraction of sp³-hybridized carbons (Fsp3) is 0.435. The number of nitrogens with zero attached hydrogens (tertiary/aromatic N) is 1. The molecule has 1 amide bonds. The van der Waals surface area contributed by atoms with E-state index in [0.29, 0.717) is 12.8 Å². The van der Waals surface area contributed by atoms with Crippen molar-refractivity contribution >= 4 is 28.9 Å². The Morgan fingerprint density at radius 2 is 1.94 bits per heavy atom. The lowest BCUT2D eigenvalue weighted by molar-refractivity contribution is -0.144. The topological polar surface area (TPSA) is 140 Å². The number of rotatable bonds is 6. The minimum absolute atomic E-state index is 0.0233. The van der Waals surface area contributed by atoms with Crippen molar-refractivity contribution in [2.75, 3.05) is 12.4 Å². The van der Waals surface area contributed by atoms with E-state index in [-0.39, 0.29) is 64.0 Å². The highest BCUT2D eigenvalue weighted by atomic mass is 35.5. The molecule has 0 bridgehead atoms. The summed E-state index contributed by atoms with van der Waals surface area (Å²) in [7, 11) is 1.50. The van der Waals surface area contributed by atoms with Crippen LogP contribution in [0, 0.1) is 29.0 Å². The number of nitrogens with one attached hydrogen (secondary N) is 4. The number of aliphatic hydroxyl groups is 1. The molecule has 0 radical (unpaired) electrons. The minimum atomic E-state index is -4.69. The quantitative estimate of drug-likeness (QED) is 0.192. The van der Waals surface area contributed by atoms with Gasteiger partial charge in [-0.2, -0.15) is 18.3 Å². The summed E-state index contributed by atoms with van der Waals surface area (Å²) in [5, 5.41) is 30.4. The van der Waals surface area contributed by atoms with E-state index in [1.165, 1.54) is 19.2 Å². The van der Waals surface area contributed by atoms with Crippen LogP contribution in [0.2, 0.25) is 5.02 Å². The predicted molar refractivity (Wildman–Crippen MR) is 124 cm³/mol. The molecular formula is C23H25ClF4N6O2. The van der Waals surface area contributed by atoms with Crippen LogP contribution in [0.4, 0.5) is 23.2 Å². The van der Waals surface area contributed by atoms with Crippen molar-refractivity contribution in [3.63, 3.8) is 0 Å². The average molecular weight is 529 g/mol. The molecule has 1 aromatic carbocycles. The molecule has 36 heavy (non-hydrogen) atoms. The van der Waals surface area contributed by atoms with Gasteiger partial charge < -0.3 is 26.9 Å². The van der Waals surface area contributed by atoms with Gasteiger partial charge in [-0.15, -0.1) is 0 Å². The first kappa shape index (κ1) is 26.0. The van der Waals surface area contributed by atoms with Crippen molar-refractivity contribution in [2.24, 2.45) is 23.5 Å². The van der Waals surface area contributed by atoms with Gasteiger partial charge in [0.05, 0.1) is 16.3 Å². The van der Waals surface area contributed by atoms with E-state index >= 15 is 0 Å². The molecular weight excluding hydrogens is 504 g/mol. The number of carbonyl (C=O) groups is 1. The van der Waals surface area contributed by atoms with Crippen LogP contribution in [0.3, 0.4) is 0 Å². The molecule has 2 aromatic rings. The second-order valence-corrected chi connectivity index (χ2v) is 9.72. The number of aromatic amines is 1. The number of hydrogen-bond donors (Lipinski definition) is 6. The van der Waals surface area contributed by atoms with Crippen LogP contribution in [0.1, 0.15) is 36.9 Å². The van der Waals surface area contributed by atoms with Crippen molar-refractivity contribution in [1.29, 1.82) is 5.41 Å². The summed E-state index contributed by atoms with van der Waals surface area (Å²) in [6.07, 6.45) is -2.62. The van der Waals surface area contributed by atoms with Crippen LogP contribution in [0.25, 0.3) is 0 Å². The Morgan fingerprint density at radius 1 is 1.31 bits per heavy atom. The Morgan fingerprint density at radius 3 is 2.50 bits per heavy atom. The fourth-order valence-electron chi connectivity index (χ4n) is 5.47. The van der Waals surface area contributed by atoms with Gasteiger partial charge in [0.2, 0.25) is 0 Å². The molecule has 0 aliphatic heterocycles. The van der Waals surface area contributed by atoms with Crippen LogP contribution >= 0.6 is 11.6 Å². The normalized spacial score (nSPS) is 26.4. The maximum Gasteiger partial charge on any atom is 0.435 e. The molecule has 1 aromatic heterocycles. The SMILES string of the molecule is CN/C(N)=C(\C(=N)C1CC2CC(O)(c3c[nH]nc3C(F)(F)F)CC2C1)C(=O)Nc1ccc(F)c(Cl)c1. The Balaban J connectivity index is 1.49. The lowest BCUT2D eigenvalue weighted by Gasteiger charge is -2.26. The highest BCUT2D eigenvalue weighted by Gasteiger charge is 2.53. The van der Waals surface area contributed by atoms with E-state index in [9.17, 15) is 27.5 Å². The number of nitrogens with two attached hydrogens (primary N) is 1. The van der Waals surface area contributed by atoms with E-state index in [0.717, 1.165) is 12.3 Å². The third kappa shape index (κ3) is 4.79. The number of benzene rings is 1. The lowest BCUT2D eigenvalue weighted by atomic mass is 9.85. The standard InChI is InChI=1S/C23H25ClF4N6O2/c1-31-20(30)17(21(35)33-13-2-3-16(25)15(24)6-13)18(29)10-4-11-7-22(36,8-12(11)5-10)14-9-32-34-19(14)23(26,27)28/h2-3,6,9-12,29,31,36H,4-5,7-8,30H2,1H3,(H,32,34)(H,33,35)/b20-17+,29-18?. The molecule has 1 heterocycles. The number of anilines is 1. The predicted octanol–water partition coefficient (Wildman–Crippen LogP) is 3.89. The Labute approximate surface area is 208 Å². The third-order valence-electron chi connectivity index (χ3n) is 7.07. The van der Waals surface area contributed by atoms with Gasteiger partial charge in [0, 0.05) is 30.4 Å². The zero-order chi connectivity index (χ0) is 26.4. The van der Waals surface area contributed by atoms with Gasteiger partial charge in [0.15, 0.2) is 5.69 Å². The van der Waals surface area contributed by atoms with E-state index in [1.807, 2.05) is 0 Å². The number of hydrogen-bond acceptors (Lipinski definition) is 6. The van der Waals surface area contributed by atoms with Crippen LogP contribution in [-0.4, -0.2) is 34.0 Å². The summed E-state index contributed by atoms with van der Waals surface area (Å²) >= 11 is 5.78. The molecule has 2 saturated carbocycles. The first-order chi connectivity index (χ1) is 16.8. The highest BCUT2D eigenvalue weighted by molar-refractivity contribution is 6.31. The number of halogens is 5. The van der Waals surface area contributed by atoms with Crippen molar-refractivity contribution < 1.29 is 27.5 Å². The summed E-state index contributed by atoms with van der Waals surface area (Å²) in [6, 6.07) is 3.65. The van der Waals surface area contributed by atoms with Crippen LogP contribution in [0.5, 0.6) is 0 Å². The average Bonchev–Trinajstić information content (AvgIpc) is 3.50. The summed E-state index contributed by atoms with van der Waals surface area (Å²) < 4.78 is 53.4. The summed E-state index contributed by atoms with van der Waals surface area (Å²) in [6.45, 7) is 0. The zero-order valence-electron chi connectivity index (χ0n) is 19.1. The summed E-state index contributed by atoms with van der Waals surface area (Å²) in [4.78, 5) is 13.0. The van der Waals surface area contributed by atoms with Crippen molar-refractivity contribution in [3.05, 3.63) is 57.9 Å².